The van der Waals surface area contributed by atoms with Crippen molar-refractivity contribution < 1.29 is 9.47 Å². The first-order valence-corrected chi connectivity index (χ1v) is 9.10. The van der Waals surface area contributed by atoms with Crippen LogP contribution in [0.5, 0.6) is 5.75 Å². The molecule has 1 aliphatic carbocycles. The molecule has 1 aromatic rings. The summed E-state index contributed by atoms with van der Waals surface area (Å²) in [7, 11) is 3.54. The SMILES string of the molecule is CN=C(NCC1(c2ccc(OC)cc2)CCOCC1)NC1CC=CC1. The van der Waals surface area contributed by atoms with Crippen LogP contribution in [0.2, 0.25) is 0 Å². The Morgan fingerprint density at radius 3 is 2.48 bits per heavy atom. The molecule has 1 aliphatic heterocycles. The number of aliphatic imine (C=N–C) groups is 1. The number of methoxy groups -OCH3 is 1. The largest absolute Gasteiger partial charge is 0.497 e. The van der Waals surface area contributed by atoms with Crippen LogP contribution < -0.4 is 15.4 Å². The quantitative estimate of drug-likeness (QED) is 0.490. The first-order chi connectivity index (χ1) is 12.3. The third kappa shape index (κ3) is 4.34. The molecule has 0 aromatic heterocycles. The standard InChI is InChI=1S/C20H29N3O2/c1-21-19(23-17-5-3-4-6-17)22-15-20(11-13-25-14-12-20)16-7-9-18(24-2)10-8-16/h3-4,7-10,17H,5-6,11-15H2,1-2H3,(H2,21,22,23). The van der Waals surface area contributed by atoms with Crippen LogP contribution in [0.15, 0.2) is 41.4 Å². The van der Waals surface area contributed by atoms with Crippen LogP contribution in [-0.2, 0) is 10.2 Å². The van der Waals surface area contributed by atoms with Crippen LogP contribution in [0.4, 0.5) is 0 Å². The minimum absolute atomic E-state index is 0.0655. The first kappa shape index (κ1) is 17.8. The van der Waals surface area contributed by atoms with Gasteiger partial charge in [-0.3, -0.25) is 4.99 Å². The van der Waals surface area contributed by atoms with Crippen molar-refractivity contribution in [2.45, 2.75) is 37.1 Å². The molecule has 2 aliphatic rings. The molecule has 0 atom stereocenters. The third-order valence-corrected chi connectivity index (χ3v) is 5.32. The molecule has 1 heterocycles. The summed E-state index contributed by atoms with van der Waals surface area (Å²) in [5.41, 5.74) is 1.40. The van der Waals surface area contributed by atoms with Gasteiger partial charge >= 0.3 is 0 Å². The van der Waals surface area contributed by atoms with Gasteiger partial charge in [0.15, 0.2) is 5.96 Å². The van der Waals surface area contributed by atoms with Crippen molar-refractivity contribution in [2.75, 3.05) is 33.9 Å². The van der Waals surface area contributed by atoms with Crippen molar-refractivity contribution in [1.29, 1.82) is 0 Å². The van der Waals surface area contributed by atoms with Gasteiger partial charge in [-0.15, -0.1) is 0 Å². The zero-order valence-corrected chi connectivity index (χ0v) is 15.3. The second kappa shape index (κ2) is 8.39. The zero-order valence-electron chi connectivity index (χ0n) is 15.3. The summed E-state index contributed by atoms with van der Waals surface area (Å²) in [4.78, 5) is 4.40. The normalized spacial score (nSPS) is 20.5. The Kier molecular flexibility index (Phi) is 5.97. The molecular weight excluding hydrogens is 314 g/mol. The second-order valence-corrected chi connectivity index (χ2v) is 6.83. The minimum atomic E-state index is 0.0655. The number of hydrogen-bond donors (Lipinski definition) is 2. The van der Waals surface area contributed by atoms with E-state index < -0.39 is 0 Å². The lowest BCUT2D eigenvalue weighted by molar-refractivity contribution is 0.0513. The van der Waals surface area contributed by atoms with Crippen LogP contribution in [0.25, 0.3) is 0 Å². The summed E-state index contributed by atoms with van der Waals surface area (Å²) < 4.78 is 10.9. The predicted octanol–water partition coefficient (Wildman–Crippen LogP) is 2.63. The highest BCUT2D eigenvalue weighted by molar-refractivity contribution is 5.80. The van der Waals surface area contributed by atoms with E-state index in [0.717, 1.165) is 57.2 Å². The maximum Gasteiger partial charge on any atom is 0.191 e. The molecule has 0 bridgehead atoms. The van der Waals surface area contributed by atoms with E-state index in [9.17, 15) is 0 Å². The summed E-state index contributed by atoms with van der Waals surface area (Å²) in [5, 5.41) is 7.08. The number of rotatable bonds is 5. The number of hydrogen-bond acceptors (Lipinski definition) is 3. The lowest BCUT2D eigenvalue weighted by Crippen LogP contribution is -2.49. The van der Waals surface area contributed by atoms with E-state index >= 15 is 0 Å². The highest BCUT2D eigenvalue weighted by atomic mass is 16.5. The number of benzene rings is 1. The molecule has 25 heavy (non-hydrogen) atoms. The van der Waals surface area contributed by atoms with Crippen molar-refractivity contribution >= 4 is 5.96 Å². The smallest absolute Gasteiger partial charge is 0.191 e. The van der Waals surface area contributed by atoms with Gasteiger partial charge in [-0.2, -0.15) is 0 Å². The van der Waals surface area contributed by atoms with Gasteiger partial charge in [0.25, 0.3) is 0 Å². The lowest BCUT2D eigenvalue weighted by atomic mass is 9.74. The maximum atomic E-state index is 5.63. The topological polar surface area (TPSA) is 54.9 Å². The monoisotopic (exact) mass is 343 g/mol. The fourth-order valence-corrected chi connectivity index (χ4v) is 3.65. The molecule has 5 heteroatoms. The summed E-state index contributed by atoms with van der Waals surface area (Å²) >= 11 is 0. The van der Waals surface area contributed by atoms with Crippen LogP contribution in [-0.4, -0.2) is 45.9 Å². The molecule has 0 radical (unpaired) electrons. The van der Waals surface area contributed by atoms with E-state index in [-0.39, 0.29) is 5.41 Å². The number of nitrogens with one attached hydrogen (secondary N) is 2. The Labute approximate surface area is 150 Å². The third-order valence-electron chi connectivity index (χ3n) is 5.32. The van der Waals surface area contributed by atoms with Gasteiger partial charge in [-0.1, -0.05) is 24.3 Å². The molecule has 0 amide bonds. The summed E-state index contributed by atoms with van der Waals surface area (Å²) in [5.74, 6) is 1.78. The number of guanidine groups is 1. The average molecular weight is 343 g/mol. The zero-order chi connectivity index (χ0) is 17.5. The molecule has 1 aromatic carbocycles. The fourth-order valence-electron chi connectivity index (χ4n) is 3.65. The summed E-state index contributed by atoms with van der Waals surface area (Å²) in [6.07, 6.45) is 8.60. The van der Waals surface area contributed by atoms with Crippen molar-refractivity contribution in [3.63, 3.8) is 0 Å². The predicted molar refractivity (Wildman–Crippen MR) is 101 cm³/mol. The summed E-state index contributed by atoms with van der Waals surface area (Å²) in [6, 6.07) is 8.91. The molecule has 1 fully saturated rings. The van der Waals surface area contributed by atoms with Gasteiger partial charge in [0, 0.05) is 38.3 Å². The Balaban J connectivity index is 1.69. The van der Waals surface area contributed by atoms with Crippen molar-refractivity contribution in [3.05, 3.63) is 42.0 Å². The molecule has 5 nitrogen and oxygen atoms in total. The molecular formula is C20H29N3O2. The van der Waals surface area contributed by atoms with E-state index in [1.54, 1.807) is 7.11 Å². The van der Waals surface area contributed by atoms with Gasteiger partial charge in [0.05, 0.1) is 7.11 Å². The van der Waals surface area contributed by atoms with Crippen LogP contribution >= 0.6 is 0 Å². The minimum Gasteiger partial charge on any atom is -0.497 e. The van der Waals surface area contributed by atoms with E-state index in [0.29, 0.717) is 6.04 Å². The van der Waals surface area contributed by atoms with Crippen LogP contribution in [0.1, 0.15) is 31.2 Å². The van der Waals surface area contributed by atoms with Crippen molar-refractivity contribution in [1.82, 2.24) is 10.6 Å². The van der Waals surface area contributed by atoms with Gasteiger partial charge in [0.1, 0.15) is 5.75 Å². The Bertz CT molecular complexity index is 596. The molecule has 0 spiro atoms. The first-order valence-electron chi connectivity index (χ1n) is 9.10. The summed E-state index contributed by atoms with van der Waals surface area (Å²) in [6.45, 7) is 2.45. The van der Waals surface area contributed by atoms with Crippen molar-refractivity contribution in [2.24, 2.45) is 4.99 Å². The van der Waals surface area contributed by atoms with Gasteiger partial charge < -0.3 is 20.1 Å². The lowest BCUT2D eigenvalue weighted by Gasteiger charge is -2.38. The van der Waals surface area contributed by atoms with Gasteiger partial charge in [-0.25, -0.2) is 0 Å². The van der Waals surface area contributed by atoms with Crippen LogP contribution in [0, 0.1) is 0 Å². The van der Waals surface area contributed by atoms with E-state index in [2.05, 4.69) is 39.9 Å². The van der Waals surface area contributed by atoms with E-state index in [1.165, 1.54) is 5.56 Å². The highest BCUT2D eigenvalue weighted by Crippen LogP contribution is 2.35. The highest BCUT2D eigenvalue weighted by Gasteiger charge is 2.34. The van der Waals surface area contributed by atoms with Gasteiger partial charge in [-0.05, 0) is 43.4 Å². The Hall–Kier alpha value is -2.01. The molecule has 0 saturated carbocycles. The van der Waals surface area contributed by atoms with Crippen molar-refractivity contribution in [3.8, 4) is 5.75 Å². The van der Waals surface area contributed by atoms with E-state index in [1.807, 2.05) is 19.2 Å². The number of ether oxygens (including phenoxy) is 2. The Morgan fingerprint density at radius 1 is 1.20 bits per heavy atom. The Morgan fingerprint density at radius 2 is 1.88 bits per heavy atom. The van der Waals surface area contributed by atoms with E-state index in [4.69, 9.17) is 9.47 Å². The van der Waals surface area contributed by atoms with Crippen LogP contribution in [0.3, 0.4) is 0 Å². The number of nitrogens with zero attached hydrogens (tertiary/aromatic N) is 1. The molecule has 0 unspecified atom stereocenters. The second-order valence-electron chi connectivity index (χ2n) is 6.83. The molecule has 1 saturated heterocycles. The maximum absolute atomic E-state index is 5.63. The van der Waals surface area contributed by atoms with Gasteiger partial charge in [0.2, 0.25) is 0 Å². The molecule has 3 rings (SSSR count). The molecule has 2 N–H and O–H groups in total. The fraction of sp³-hybridized carbons (Fsp3) is 0.550. The molecule has 136 valence electrons. The average Bonchev–Trinajstić information content (AvgIpc) is 3.19.